The van der Waals surface area contributed by atoms with Gasteiger partial charge in [0.25, 0.3) is 0 Å². The summed E-state index contributed by atoms with van der Waals surface area (Å²) in [5, 5.41) is 0. The maximum absolute atomic E-state index is 12.3. The van der Waals surface area contributed by atoms with Gasteiger partial charge in [-0.2, -0.15) is 0 Å². The molecule has 0 radical (unpaired) electrons. The van der Waals surface area contributed by atoms with Crippen molar-refractivity contribution in [3.8, 4) is 0 Å². The molecule has 27 heavy (non-hydrogen) atoms. The molecule has 1 aliphatic carbocycles. The minimum atomic E-state index is -0.422. The summed E-state index contributed by atoms with van der Waals surface area (Å²) >= 11 is 0. The molecule has 2 nitrogen and oxygen atoms in total. The maximum atomic E-state index is 12.3. The van der Waals surface area contributed by atoms with Gasteiger partial charge in [0.1, 0.15) is 6.10 Å². The van der Waals surface area contributed by atoms with Crippen LogP contribution in [0.15, 0.2) is 72.8 Å². The molecule has 1 atom stereocenters. The SMILES string of the molecule is COC1C(=O)CCc2cc(Cc3ccccc3)c(Cc3ccccc3)cc21. The number of methoxy groups -OCH3 is 1. The predicted molar refractivity (Wildman–Crippen MR) is 108 cm³/mol. The number of aryl methyl sites for hydroxylation is 1. The highest BCUT2D eigenvalue weighted by Crippen LogP contribution is 2.33. The summed E-state index contributed by atoms with van der Waals surface area (Å²) in [5.41, 5.74) is 7.51. The number of ketones is 1. The van der Waals surface area contributed by atoms with E-state index in [9.17, 15) is 4.79 Å². The van der Waals surface area contributed by atoms with Gasteiger partial charge in [0, 0.05) is 13.5 Å². The first-order chi connectivity index (χ1) is 13.2. The second-order valence-corrected chi connectivity index (χ2v) is 7.23. The van der Waals surface area contributed by atoms with Crippen molar-refractivity contribution in [1.29, 1.82) is 0 Å². The van der Waals surface area contributed by atoms with Crippen molar-refractivity contribution >= 4 is 5.78 Å². The fraction of sp³-hybridized carbons (Fsp3) is 0.240. The number of fused-ring (bicyclic) bond motifs is 1. The molecule has 0 spiro atoms. The molecule has 0 aromatic heterocycles. The molecule has 0 bridgehead atoms. The third-order valence-corrected chi connectivity index (χ3v) is 5.39. The largest absolute Gasteiger partial charge is 0.369 e. The monoisotopic (exact) mass is 356 g/mol. The van der Waals surface area contributed by atoms with E-state index in [1.54, 1.807) is 7.11 Å². The van der Waals surface area contributed by atoms with E-state index in [0.29, 0.717) is 6.42 Å². The first-order valence-electron chi connectivity index (χ1n) is 9.52. The Kier molecular flexibility index (Phi) is 5.17. The number of ether oxygens (including phenoxy) is 1. The van der Waals surface area contributed by atoms with Crippen molar-refractivity contribution in [3.05, 3.63) is 106 Å². The number of hydrogen-bond donors (Lipinski definition) is 0. The Morgan fingerprint density at radius 3 is 1.93 bits per heavy atom. The lowest BCUT2D eigenvalue weighted by atomic mass is 9.83. The average Bonchev–Trinajstić information content (AvgIpc) is 2.70. The van der Waals surface area contributed by atoms with Gasteiger partial charge in [0.2, 0.25) is 0 Å². The van der Waals surface area contributed by atoms with E-state index < -0.39 is 6.10 Å². The van der Waals surface area contributed by atoms with Gasteiger partial charge in [0.15, 0.2) is 5.78 Å². The molecule has 3 aromatic carbocycles. The number of rotatable bonds is 5. The fourth-order valence-corrected chi connectivity index (χ4v) is 4.00. The van der Waals surface area contributed by atoms with E-state index in [-0.39, 0.29) is 5.78 Å². The normalized spacial score (nSPS) is 16.2. The van der Waals surface area contributed by atoms with Crippen molar-refractivity contribution in [1.82, 2.24) is 0 Å². The van der Waals surface area contributed by atoms with Crippen molar-refractivity contribution in [3.63, 3.8) is 0 Å². The van der Waals surface area contributed by atoms with Crippen molar-refractivity contribution in [2.75, 3.05) is 7.11 Å². The number of carbonyl (C=O) groups excluding carboxylic acids is 1. The number of Topliss-reactive ketones (excluding diaryl/α,β-unsaturated/α-hetero) is 1. The minimum Gasteiger partial charge on any atom is -0.369 e. The summed E-state index contributed by atoms with van der Waals surface area (Å²) in [7, 11) is 1.63. The van der Waals surface area contributed by atoms with Gasteiger partial charge in [-0.1, -0.05) is 72.8 Å². The Hall–Kier alpha value is -2.71. The molecule has 0 saturated heterocycles. The van der Waals surface area contributed by atoms with Crippen LogP contribution in [0.3, 0.4) is 0 Å². The topological polar surface area (TPSA) is 26.3 Å². The lowest BCUT2D eigenvalue weighted by Gasteiger charge is -2.26. The lowest BCUT2D eigenvalue weighted by molar-refractivity contribution is -0.129. The molecular formula is C25H24O2. The molecule has 136 valence electrons. The van der Waals surface area contributed by atoms with Crippen LogP contribution in [0.25, 0.3) is 0 Å². The molecule has 4 rings (SSSR count). The molecule has 1 aliphatic rings. The fourth-order valence-electron chi connectivity index (χ4n) is 4.00. The van der Waals surface area contributed by atoms with Gasteiger partial charge in [-0.05, 0) is 52.6 Å². The van der Waals surface area contributed by atoms with Gasteiger partial charge in [-0.25, -0.2) is 0 Å². The van der Waals surface area contributed by atoms with E-state index in [4.69, 9.17) is 4.74 Å². The van der Waals surface area contributed by atoms with Crippen LogP contribution in [-0.4, -0.2) is 12.9 Å². The standard InChI is InChI=1S/C25H24O2/c1-27-25-23-17-22(15-19-10-6-3-7-11-19)21(14-18-8-4-2-5-9-18)16-20(23)12-13-24(25)26/h2-11,16-17,25H,12-15H2,1H3. The quantitative estimate of drug-likeness (QED) is 0.638. The van der Waals surface area contributed by atoms with Crippen LogP contribution in [0.5, 0.6) is 0 Å². The van der Waals surface area contributed by atoms with Crippen molar-refractivity contribution in [2.24, 2.45) is 0 Å². The molecule has 0 amide bonds. The molecule has 2 heteroatoms. The molecule has 1 unspecified atom stereocenters. The third kappa shape index (κ3) is 3.86. The van der Waals surface area contributed by atoms with E-state index in [0.717, 1.165) is 24.8 Å². The highest BCUT2D eigenvalue weighted by atomic mass is 16.5. The molecule has 0 N–H and O–H groups in total. The van der Waals surface area contributed by atoms with E-state index in [2.05, 4.69) is 66.7 Å². The second kappa shape index (κ2) is 7.89. The van der Waals surface area contributed by atoms with E-state index in [1.807, 2.05) is 6.07 Å². The smallest absolute Gasteiger partial charge is 0.166 e. The van der Waals surface area contributed by atoms with Crippen LogP contribution in [0, 0.1) is 0 Å². The molecule has 0 heterocycles. The van der Waals surface area contributed by atoms with Crippen molar-refractivity contribution < 1.29 is 9.53 Å². The number of benzene rings is 3. The third-order valence-electron chi connectivity index (χ3n) is 5.39. The Bertz CT molecular complexity index is 929. The highest BCUT2D eigenvalue weighted by molar-refractivity contribution is 5.86. The van der Waals surface area contributed by atoms with Crippen LogP contribution >= 0.6 is 0 Å². The Balaban J connectivity index is 1.77. The van der Waals surface area contributed by atoms with Gasteiger partial charge in [-0.15, -0.1) is 0 Å². The highest BCUT2D eigenvalue weighted by Gasteiger charge is 2.28. The van der Waals surface area contributed by atoms with E-state index >= 15 is 0 Å². The summed E-state index contributed by atoms with van der Waals surface area (Å²) in [6, 6.07) is 25.6. The number of hydrogen-bond acceptors (Lipinski definition) is 2. The zero-order valence-corrected chi connectivity index (χ0v) is 15.7. The van der Waals surface area contributed by atoms with Crippen LogP contribution in [0.1, 0.15) is 45.9 Å². The molecule has 0 aliphatic heterocycles. The molecule has 0 saturated carbocycles. The molecular weight excluding hydrogens is 332 g/mol. The zero-order chi connectivity index (χ0) is 18.6. The molecule has 3 aromatic rings. The molecule has 0 fully saturated rings. The predicted octanol–water partition coefficient (Wildman–Crippen LogP) is 5.07. The zero-order valence-electron chi connectivity index (χ0n) is 15.7. The average molecular weight is 356 g/mol. The summed E-state index contributed by atoms with van der Waals surface area (Å²) < 4.78 is 5.54. The van der Waals surface area contributed by atoms with Gasteiger partial charge < -0.3 is 4.74 Å². The summed E-state index contributed by atoms with van der Waals surface area (Å²) in [6.07, 6.45) is 2.72. The van der Waals surface area contributed by atoms with E-state index in [1.165, 1.54) is 27.8 Å². The van der Waals surface area contributed by atoms with Gasteiger partial charge >= 0.3 is 0 Å². The lowest BCUT2D eigenvalue weighted by Crippen LogP contribution is -2.22. The Morgan fingerprint density at radius 1 is 0.815 bits per heavy atom. The minimum absolute atomic E-state index is 0.187. The van der Waals surface area contributed by atoms with Crippen LogP contribution in [0.4, 0.5) is 0 Å². The van der Waals surface area contributed by atoms with Gasteiger partial charge in [0.05, 0.1) is 0 Å². The summed E-state index contributed by atoms with van der Waals surface area (Å²) in [4.78, 5) is 12.3. The first kappa shape index (κ1) is 17.7. The Labute approximate surface area is 160 Å². The van der Waals surface area contributed by atoms with Crippen LogP contribution < -0.4 is 0 Å². The van der Waals surface area contributed by atoms with Crippen molar-refractivity contribution in [2.45, 2.75) is 31.8 Å². The second-order valence-electron chi connectivity index (χ2n) is 7.23. The maximum Gasteiger partial charge on any atom is 0.166 e. The number of carbonyl (C=O) groups is 1. The Morgan fingerprint density at radius 2 is 1.37 bits per heavy atom. The van der Waals surface area contributed by atoms with Gasteiger partial charge in [-0.3, -0.25) is 4.79 Å². The van der Waals surface area contributed by atoms with Crippen LogP contribution in [-0.2, 0) is 28.8 Å². The summed E-state index contributed by atoms with van der Waals surface area (Å²) in [6.45, 7) is 0. The first-order valence-corrected chi connectivity index (χ1v) is 9.52. The van der Waals surface area contributed by atoms with Crippen LogP contribution in [0.2, 0.25) is 0 Å². The summed E-state index contributed by atoms with van der Waals surface area (Å²) in [5.74, 6) is 0.187.